The number of rotatable bonds is 8. The lowest BCUT2D eigenvalue weighted by Gasteiger charge is -2.09. The summed E-state index contributed by atoms with van der Waals surface area (Å²) in [4.78, 5) is 16.3. The largest absolute Gasteiger partial charge is 0.494 e. The van der Waals surface area contributed by atoms with Crippen LogP contribution >= 0.6 is 0 Å². The van der Waals surface area contributed by atoms with Gasteiger partial charge in [-0.15, -0.1) is 0 Å². The van der Waals surface area contributed by atoms with Crippen LogP contribution in [0, 0.1) is 0 Å². The van der Waals surface area contributed by atoms with Gasteiger partial charge < -0.3 is 14.8 Å². The van der Waals surface area contributed by atoms with Crippen LogP contribution in [0.4, 0.5) is 0 Å². The first-order valence-electron chi connectivity index (χ1n) is 8.89. The normalized spacial score (nSPS) is 10.3. The van der Waals surface area contributed by atoms with Gasteiger partial charge in [0.25, 0.3) is 0 Å². The zero-order valence-corrected chi connectivity index (χ0v) is 15.2. The Bertz CT molecular complexity index is 864. The third-order valence-corrected chi connectivity index (χ3v) is 3.85. The lowest BCUT2D eigenvalue weighted by Crippen LogP contribution is -2.24. The van der Waals surface area contributed by atoms with E-state index in [-0.39, 0.29) is 5.91 Å². The van der Waals surface area contributed by atoms with Crippen LogP contribution in [-0.4, -0.2) is 17.5 Å². The van der Waals surface area contributed by atoms with Crippen LogP contribution in [0.3, 0.4) is 0 Å². The highest BCUT2D eigenvalue weighted by Crippen LogP contribution is 2.20. The van der Waals surface area contributed by atoms with E-state index < -0.39 is 0 Å². The number of aromatic nitrogens is 1. The maximum absolute atomic E-state index is 12.2. The maximum Gasteiger partial charge on any atom is 0.224 e. The molecule has 3 rings (SSSR count). The Kier molecular flexibility index (Phi) is 6.41. The summed E-state index contributed by atoms with van der Waals surface area (Å²) in [6.45, 7) is 3.01. The molecule has 1 aromatic heterocycles. The highest BCUT2D eigenvalue weighted by Gasteiger charge is 2.05. The second kappa shape index (κ2) is 9.38. The first-order chi connectivity index (χ1) is 13.2. The minimum atomic E-state index is -0.0322. The van der Waals surface area contributed by atoms with E-state index in [1.54, 1.807) is 12.3 Å². The predicted octanol–water partition coefficient (Wildman–Crippen LogP) is 4.13. The van der Waals surface area contributed by atoms with Crippen molar-refractivity contribution in [3.63, 3.8) is 0 Å². The van der Waals surface area contributed by atoms with Crippen LogP contribution in [0.5, 0.6) is 17.4 Å². The molecule has 0 spiro atoms. The molecule has 0 fully saturated rings. The number of amides is 1. The molecule has 0 aliphatic carbocycles. The van der Waals surface area contributed by atoms with Gasteiger partial charge in [-0.1, -0.05) is 30.3 Å². The fourth-order valence-electron chi connectivity index (χ4n) is 2.57. The monoisotopic (exact) mass is 362 g/mol. The summed E-state index contributed by atoms with van der Waals surface area (Å²) in [6.07, 6.45) is 2.01. The van der Waals surface area contributed by atoms with E-state index in [0.717, 1.165) is 16.9 Å². The molecule has 2 aromatic carbocycles. The number of carbonyl (C=O) groups excluding carboxylic acids is 1. The fraction of sp³-hybridized carbons (Fsp3) is 0.182. The Hall–Kier alpha value is -3.34. The van der Waals surface area contributed by atoms with Crippen molar-refractivity contribution in [2.45, 2.75) is 19.9 Å². The second-order valence-corrected chi connectivity index (χ2v) is 5.95. The molecule has 0 aliphatic rings. The third kappa shape index (κ3) is 5.85. The molecule has 1 heterocycles. The molecule has 138 valence electrons. The van der Waals surface area contributed by atoms with Gasteiger partial charge in [0.05, 0.1) is 13.0 Å². The van der Waals surface area contributed by atoms with Crippen molar-refractivity contribution in [3.05, 3.63) is 84.1 Å². The van der Waals surface area contributed by atoms with Crippen molar-refractivity contribution in [1.29, 1.82) is 0 Å². The molecule has 3 aromatic rings. The standard InChI is InChI=1S/C22H22N2O3/c1-2-26-19-11-9-17(10-12-19)15-21(25)24-16-18-6-5-7-20(14-18)27-22-8-3-4-13-23-22/h3-14H,2,15-16H2,1H3,(H,24,25). The molecule has 0 unspecified atom stereocenters. The number of hydrogen-bond donors (Lipinski definition) is 1. The van der Waals surface area contributed by atoms with Crippen LogP contribution in [0.25, 0.3) is 0 Å². The van der Waals surface area contributed by atoms with E-state index in [4.69, 9.17) is 9.47 Å². The van der Waals surface area contributed by atoms with Gasteiger partial charge in [0.15, 0.2) is 0 Å². The number of nitrogens with one attached hydrogen (secondary N) is 1. The average Bonchev–Trinajstić information content (AvgIpc) is 2.69. The Labute approximate surface area is 159 Å². The smallest absolute Gasteiger partial charge is 0.224 e. The van der Waals surface area contributed by atoms with E-state index in [0.29, 0.717) is 31.2 Å². The van der Waals surface area contributed by atoms with Gasteiger partial charge in [0, 0.05) is 18.8 Å². The first-order valence-corrected chi connectivity index (χ1v) is 8.89. The Balaban J connectivity index is 1.52. The summed E-state index contributed by atoms with van der Waals surface area (Å²) in [6, 6.07) is 20.7. The minimum absolute atomic E-state index is 0.0322. The van der Waals surface area contributed by atoms with E-state index in [9.17, 15) is 4.79 Å². The summed E-state index contributed by atoms with van der Waals surface area (Å²) < 4.78 is 11.1. The van der Waals surface area contributed by atoms with E-state index in [1.165, 1.54) is 0 Å². The molecule has 5 heteroatoms. The Morgan fingerprint density at radius 2 is 1.81 bits per heavy atom. The van der Waals surface area contributed by atoms with Crippen molar-refractivity contribution >= 4 is 5.91 Å². The van der Waals surface area contributed by atoms with Crippen molar-refractivity contribution in [2.24, 2.45) is 0 Å². The molecular weight excluding hydrogens is 340 g/mol. The van der Waals surface area contributed by atoms with Gasteiger partial charge in [-0.3, -0.25) is 4.79 Å². The number of hydrogen-bond acceptors (Lipinski definition) is 4. The van der Waals surface area contributed by atoms with Gasteiger partial charge in [0.2, 0.25) is 11.8 Å². The van der Waals surface area contributed by atoms with Gasteiger partial charge in [-0.05, 0) is 48.4 Å². The summed E-state index contributed by atoms with van der Waals surface area (Å²) in [5.74, 6) is 2.00. The molecule has 0 aliphatic heterocycles. The second-order valence-electron chi connectivity index (χ2n) is 5.95. The molecule has 1 N–H and O–H groups in total. The van der Waals surface area contributed by atoms with Crippen molar-refractivity contribution in [2.75, 3.05) is 6.61 Å². The molecule has 1 amide bonds. The number of nitrogens with zero attached hydrogens (tertiary/aromatic N) is 1. The molecule has 0 atom stereocenters. The molecule has 27 heavy (non-hydrogen) atoms. The predicted molar refractivity (Wildman–Crippen MR) is 104 cm³/mol. The zero-order valence-electron chi connectivity index (χ0n) is 15.2. The van der Waals surface area contributed by atoms with Crippen LogP contribution in [0.1, 0.15) is 18.1 Å². The topological polar surface area (TPSA) is 60.5 Å². The molecule has 0 saturated heterocycles. The highest BCUT2D eigenvalue weighted by molar-refractivity contribution is 5.78. The van der Waals surface area contributed by atoms with Crippen molar-refractivity contribution in [3.8, 4) is 17.4 Å². The molecule has 0 radical (unpaired) electrons. The van der Waals surface area contributed by atoms with Crippen LogP contribution < -0.4 is 14.8 Å². The number of carbonyl (C=O) groups is 1. The lowest BCUT2D eigenvalue weighted by molar-refractivity contribution is -0.120. The summed E-state index contributed by atoms with van der Waals surface area (Å²) >= 11 is 0. The summed E-state index contributed by atoms with van der Waals surface area (Å²) in [5, 5.41) is 2.94. The van der Waals surface area contributed by atoms with Crippen molar-refractivity contribution < 1.29 is 14.3 Å². The van der Waals surface area contributed by atoms with Gasteiger partial charge in [-0.2, -0.15) is 0 Å². The average molecular weight is 362 g/mol. The SMILES string of the molecule is CCOc1ccc(CC(=O)NCc2cccc(Oc3ccccn3)c2)cc1. The number of ether oxygens (including phenoxy) is 2. The maximum atomic E-state index is 12.2. The number of pyridine rings is 1. The van der Waals surface area contributed by atoms with Crippen molar-refractivity contribution in [1.82, 2.24) is 10.3 Å². The minimum Gasteiger partial charge on any atom is -0.494 e. The molecular formula is C22H22N2O3. The number of benzene rings is 2. The van der Waals surface area contributed by atoms with Crippen LogP contribution in [-0.2, 0) is 17.8 Å². The summed E-state index contributed by atoms with van der Waals surface area (Å²) in [5.41, 5.74) is 1.91. The van der Waals surface area contributed by atoms with Crippen LogP contribution in [0.2, 0.25) is 0 Å². The van der Waals surface area contributed by atoms with E-state index in [2.05, 4.69) is 10.3 Å². The first kappa shape index (κ1) is 18.5. The van der Waals surface area contributed by atoms with E-state index >= 15 is 0 Å². The highest BCUT2D eigenvalue weighted by atomic mass is 16.5. The third-order valence-electron chi connectivity index (χ3n) is 3.85. The molecule has 0 bridgehead atoms. The Morgan fingerprint density at radius 3 is 2.56 bits per heavy atom. The Morgan fingerprint density at radius 1 is 0.963 bits per heavy atom. The van der Waals surface area contributed by atoms with Crippen LogP contribution in [0.15, 0.2) is 72.9 Å². The molecule has 0 saturated carbocycles. The van der Waals surface area contributed by atoms with Gasteiger partial charge >= 0.3 is 0 Å². The zero-order chi connectivity index (χ0) is 18.9. The quantitative estimate of drug-likeness (QED) is 0.654. The lowest BCUT2D eigenvalue weighted by atomic mass is 10.1. The fourth-order valence-corrected chi connectivity index (χ4v) is 2.57. The van der Waals surface area contributed by atoms with Gasteiger partial charge in [0.1, 0.15) is 11.5 Å². The van der Waals surface area contributed by atoms with E-state index in [1.807, 2.05) is 67.6 Å². The van der Waals surface area contributed by atoms with Gasteiger partial charge in [-0.25, -0.2) is 4.98 Å². The summed E-state index contributed by atoms with van der Waals surface area (Å²) in [7, 11) is 0. The molecule has 5 nitrogen and oxygen atoms in total.